The van der Waals surface area contributed by atoms with Gasteiger partial charge in [0, 0.05) is 12.6 Å². The standard InChI is InChI=1S/C15H19N/c1-16-11-13-9-5-6-10-14(13)15(16)12-7-3-2-4-8-12/h2-8,13-15H,9-11H2,1H3. The monoisotopic (exact) mass is 213 g/mol. The van der Waals surface area contributed by atoms with Gasteiger partial charge in [0.15, 0.2) is 0 Å². The number of fused-ring (bicyclic) bond motifs is 1. The molecule has 3 unspecified atom stereocenters. The summed E-state index contributed by atoms with van der Waals surface area (Å²) in [6, 6.07) is 11.6. The molecule has 1 heteroatoms. The van der Waals surface area contributed by atoms with Crippen molar-refractivity contribution >= 4 is 0 Å². The van der Waals surface area contributed by atoms with Crippen LogP contribution in [-0.4, -0.2) is 18.5 Å². The van der Waals surface area contributed by atoms with E-state index in [2.05, 4.69) is 54.4 Å². The van der Waals surface area contributed by atoms with Crippen LogP contribution in [0, 0.1) is 11.8 Å². The van der Waals surface area contributed by atoms with Gasteiger partial charge in [-0.3, -0.25) is 4.90 Å². The van der Waals surface area contributed by atoms with Crippen LogP contribution in [-0.2, 0) is 0 Å². The average molecular weight is 213 g/mol. The minimum atomic E-state index is 0.635. The van der Waals surface area contributed by atoms with Crippen molar-refractivity contribution in [3.8, 4) is 0 Å². The predicted octanol–water partition coefficient (Wildman–Crippen LogP) is 3.26. The van der Waals surface area contributed by atoms with Crippen LogP contribution in [0.2, 0.25) is 0 Å². The fourth-order valence-electron chi connectivity index (χ4n) is 3.45. The third-order valence-electron chi connectivity index (χ3n) is 4.16. The van der Waals surface area contributed by atoms with Gasteiger partial charge in [-0.25, -0.2) is 0 Å². The summed E-state index contributed by atoms with van der Waals surface area (Å²) in [7, 11) is 2.27. The Balaban J connectivity index is 1.92. The fourth-order valence-corrected chi connectivity index (χ4v) is 3.45. The van der Waals surface area contributed by atoms with Crippen LogP contribution in [0.25, 0.3) is 0 Å². The number of benzene rings is 1. The lowest BCUT2D eigenvalue weighted by atomic mass is 9.80. The Morgan fingerprint density at radius 3 is 2.62 bits per heavy atom. The molecule has 0 amide bonds. The van der Waals surface area contributed by atoms with E-state index in [1.165, 1.54) is 24.9 Å². The molecule has 84 valence electrons. The maximum absolute atomic E-state index is 2.54. The van der Waals surface area contributed by atoms with Gasteiger partial charge >= 0.3 is 0 Å². The molecule has 3 atom stereocenters. The third-order valence-corrected chi connectivity index (χ3v) is 4.16. The molecule has 1 saturated heterocycles. The van der Waals surface area contributed by atoms with E-state index in [4.69, 9.17) is 0 Å². The maximum Gasteiger partial charge on any atom is 0.0379 e. The van der Waals surface area contributed by atoms with E-state index >= 15 is 0 Å². The molecule has 0 bridgehead atoms. The Hall–Kier alpha value is -1.08. The number of nitrogens with zero attached hydrogens (tertiary/aromatic N) is 1. The largest absolute Gasteiger partial charge is 0.299 e. The lowest BCUT2D eigenvalue weighted by Gasteiger charge is -2.27. The Bertz CT molecular complexity index is 382. The molecule has 0 spiro atoms. The second-order valence-electron chi connectivity index (χ2n) is 5.16. The van der Waals surface area contributed by atoms with Gasteiger partial charge in [0.25, 0.3) is 0 Å². The summed E-state index contributed by atoms with van der Waals surface area (Å²) >= 11 is 0. The SMILES string of the molecule is CN1CC2CC=CCC2C1c1ccccc1. The van der Waals surface area contributed by atoms with Crippen molar-refractivity contribution in [2.24, 2.45) is 11.8 Å². The van der Waals surface area contributed by atoms with Gasteiger partial charge in [0.2, 0.25) is 0 Å². The molecule has 1 aliphatic heterocycles. The van der Waals surface area contributed by atoms with Crippen LogP contribution >= 0.6 is 0 Å². The van der Waals surface area contributed by atoms with E-state index in [1.807, 2.05) is 0 Å². The van der Waals surface area contributed by atoms with Gasteiger partial charge in [0.1, 0.15) is 0 Å². The zero-order chi connectivity index (χ0) is 11.0. The quantitative estimate of drug-likeness (QED) is 0.647. The summed E-state index contributed by atoms with van der Waals surface area (Å²) in [5.41, 5.74) is 1.49. The van der Waals surface area contributed by atoms with Gasteiger partial charge in [0.05, 0.1) is 0 Å². The van der Waals surface area contributed by atoms with E-state index in [9.17, 15) is 0 Å². The van der Waals surface area contributed by atoms with E-state index in [-0.39, 0.29) is 0 Å². The van der Waals surface area contributed by atoms with Gasteiger partial charge in [-0.15, -0.1) is 0 Å². The molecule has 0 saturated carbocycles. The summed E-state index contributed by atoms with van der Waals surface area (Å²) in [4.78, 5) is 2.54. The number of rotatable bonds is 1. The van der Waals surface area contributed by atoms with E-state index in [1.54, 1.807) is 0 Å². The molecule has 2 aliphatic rings. The number of hydrogen-bond acceptors (Lipinski definition) is 1. The summed E-state index contributed by atoms with van der Waals surface area (Å²) < 4.78 is 0. The summed E-state index contributed by atoms with van der Waals surface area (Å²) in [6.45, 7) is 1.26. The summed E-state index contributed by atoms with van der Waals surface area (Å²) in [5, 5.41) is 0. The lowest BCUT2D eigenvalue weighted by molar-refractivity contribution is 0.273. The van der Waals surface area contributed by atoms with Crippen molar-refractivity contribution in [1.82, 2.24) is 4.90 Å². The first-order chi connectivity index (χ1) is 7.86. The summed E-state index contributed by atoms with van der Waals surface area (Å²) in [6.07, 6.45) is 7.27. The van der Waals surface area contributed by atoms with Crippen LogP contribution in [0.3, 0.4) is 0 Å². The van der Waals surface area contributed by atoms with Crippen molar-refractivity contribution in [2.45, 2.75) is 18.9 Å². The normalized spacial score (nSPS) is 33.9. The van der Waals surface area contributed by atoms with Crippen LogP contribution in [0.5, 0.6) is 0 Å². The highest BCUT2D eigenvalue weighted by molar-refractivity contribution is 5.22. The van der Waals surface area contributed by atoms with Gasteiger partial charge in [-0.05, 0) is 37.3 Å². The Labute approximate surface area is 97.8 Å². The highest BCUT2D eigenvalue weighted by atomic mass is 15.2. The second-order valence-corrected chi connectivity index (χ2v) is 5.16. The summed E-state index contributed by atoms with van der Waals surface area (Å²) in [5.74, 6) is 1.71. The van der Waals surface area contributed by atoms with Crippen molar-refractivity contribution in [3.63, 3.8) is 0 Å². The van der Waals surface area contributed by atoms with E-state index in [0.29, 0.717) is 6.04 Å². The highest BCUT2D eigenvalue weighted by Crippen LogP contribution is 2.45. The fraction of sp³-hybridized carbons (Fsp3) is 0.467. The first-order valence-corrected chi connectivity index (χ1v) is 6.26. The van der Waals surface area contributed by atoms with Gasteiger partial charge in [-0.1, -0.05) is 42.5 Å². The van der Waals surface area contributed by atoms with Crippen LogP contribution in [0.4, 0.5) is 0 Å². The smallest absolute Gasteiger partial charge is 0.0379 e. The molecule has 16 heavy (non-hydrogen) atoms. The minimum absolute atomic E-state index is 0.635. The van der Waals surface area contributed by atoms with Crippen molar-refractivity contribution in [1.29, 1.82) is 0 Å². The molecular formula is C15H19N. The van der Waals surface area contributed by atoms with Gasteiger partial charge < -0.3 is 0 Å². The lowest BCUT2D eigenvalue weighted by Crippen LogP contribution is -2.21. The highest BCUT2D eigenvalue weighted by Gasteiger charge is 2.40. The molecular weight excluding hydrogens is 194 g/mol. The second kappa shape index (κ2) is 4.06. The molecule has 1 aliphatic carbocycles. The number of allylic oxidation sites excluding steroid dienone is 2. The molecule has 1 aromatic rings. The Kier molecular flexibility index (Phi) is 2.56. The number of likely N-dealkylation sites (tertiary alicyclic amines) is 1. The zero-order valence-corrected chi connectivity index (χ0v) is 9.84. The van der Waals surface area contributed by atoms with Crippen molar-refractivity contribution < 1.29 is 0 Å². The first-order valence-electron chi connectivity index (χ1n) is 6.26. The van der Waals surface area contributed by atoms with Gasteiger partial charge in [-0.2, -0.15) is 0 Å². The first kappa shape index (κ1) is 10.1. The number of hydrogen-bond donors (Lipinski definition) is 0. The molecule has 0 N–H and O–H groups in total. The molecule has 0 aromatic heterocycles. The van der Waals surface area contributed by atoms with E-state index in [0.717, 1.165) is 11.8 Å². The predicted molar refractivity (Wildman–Crippen MR) is 67.2 cm³/mol. The average Bonchev–Trinajstić information content (AvgIpc) is 2.66. The minimum Gasteiger partial charge on any atom is -0.299 e. The maximum atomic E-state index is 2.54. The van der Waals surface area contributed by atoms with Crippen molar-refractivity contribution in [2.75, 3.05) is 13.6 Å². The topological polar surface area (TPSA) is 3.24 Å². The van der Waals surface area contributed by atoms with Crippen LogP contribution in [0.1, 0.15) is 24.4 Å². The Morgan fingerprint density at radius 1 is 1.06 bits per heavy atom. The van der Waals surface area contributed by atoms with Crippen LogP contribution < -0.4 is 0 Å². The van der Waals surface area contributed by atoms with Crippen molar-refractivity contribution in [3.05, 3.63) is 48.0 Å². The third kappa shape index (κ3) is 1.60. The Morgan fingerprint density at radius 2 is 1.81 bits per heavy atom. The molecule has 3 rings (SSSR count). The van der Waals surface area contributed by atoms with Crippen LogP contribution in [0.15, 0.2) is 42.5 Å². The molecule has 0 radical (unpaired) electrons. The van der Waals surface area contributed by atoms with E-state index < -0.39 is 0 Å². The zero-order valence-electron chi connectivity index (χ0n) is 9.84. The molecule has 1 nitrogen and oxygen atoms in total. The molecule has 1 fully saturated rings. The molecule has 1 aromatic carbocycles. The molecule has 1 heterocycles.